The quantitative estimate of drug-likeness (QED) is 0.341. The maximum absolute atomic E-state index is 12.3. The first-order valence-electron chi connectivity index (χ1n) is 9.43. The van der Waals surface area contributed by atoms with Gasteiger partial charge >= 0.3 is 5.97 Å². The summed E-state index contributed by atoms with van der Waals surface area (Å²) in [5.41, 5.74) is 1.22. The molecule has 1 aliphatic rings. The highest BCUT2D eigenvalue weighted by Gasteiger charge is 2.26. The first kappa shape index (κ1) is 22.5. The monoisotopic (exact) mass is 467 g/mol. The molecule has 8 heteroatoms. The Morgan fingerprint density at radius 1 is 1.13 bits per heavy atom. The van der Waals surface area contributed by atoms with Gasteiger partial charge in [-0.2, -0.15) is 0 Å². The van der Waals surface area contributed by atoms with E-state index >= 15 is 0 Å². The minimum atomic E-state index is -0.593. The highest BCUT2D eigenvalue weighted by atomic mass is 35.5. The molecule has 30 heavy (non-hydrogen) atoms. The molecule has 0 fully saturated rings. The predicted molar refractivity (Wildman–Crippen MR) is 120 cm³/mol. The van der Waals surface area contributed by atoms with Crippen molar-refractivity contribution in [1.29, 1.82) is 0 Å². The van der Waals surface area contributed by atoms with Crippen molar-refractivity contribution in [1.82, 2.24) is 0 Å². The van der Waals surface area contributed by atoms with Crippen molar-refractivity contribution in [3.63, 3.8) is 0 Å². The summed E-state index contributed by atoms with van der Waals surface area (Å²) in [4.78, 5) is 16.6. The van der Waals surface area contributed by atoms with Gasteiger partial charge in [0.15, 0.2) is 17.2 Å². The van der Waals surface area contributed by atoms with Crippen LogP contribution in [-0.2, 0) is 9.53 Å². The number of hydrogen-bond acceptors (Lipinski definition) is 5. The lowest BCUT2D eigenvalue weighted by Gasteiger charge is -2.18. The number of esters is 1. The maximum atomic E-state index is 12.3. The molecule has 1 heterocycles. The Kier molecular flexibility index (Phi) is 7.29. The van der Waals surface area contributed by atoms with E-state index in [0.717, 1.165) is 6.42 Å². The molecular weight excluding hydrogens is 449 g/mol. The van der Waals surface area contributed by atoms with Gasteiger partial charge in [0, 0.05) is 5.02 Å². The van der Waals surface area contributed by atoms with Gasteiger partial charge in [0.25, 0.3) is 0 Å². The van der Waals surface area contributed by atoms with Crippen molar-refractivity contribution in [3.8, 4) is 11.5 Å². The molecule has 3 rings (SSSR count). The number of ether oxygens (including phenoxy) is 3. The van der Waals surface area contributed by atoms with Crippen LogP contribution in [0.25, 0.3) is 6.08 Å². The summed E-state index contributed by atoms with van der Waals surface area (Å²) < 4.78 is 16.9. The van der Waals surface area contributed by atoms with Crippen molar-refractivity contribution in [2.75, 3.05) is 6.61 Å². The molecule has 0 aliphatic carbocycles. The molecule has 0 N–H and O–H groups in total. The Balaban J connectivity index is 1.97. The minimum absolute atomic E-state index is 0.0213. The number of carbonyl (C=O) groups is 1. The van der Waals surface area contributed by atoms with E-state index in [1.807, 2.05) is 20.8 Å². The van der Waals surface area contributed by atoms with Crippen molar-refractivity contribution < 1.29 is 19.0 Å². The van der Waals surface area contributed by atoms with Crippen LogP contribution in [0.3, 0.4) is 0 Å². The summed E-state index contributed by atoms with van der Waals surface area (Å²) in [6, 6.07) is 8.28. The van der Waals surface area contributed by atoms with Crippen LogP contribution in [0.2, 0.25) is 15.1 Å². The van der Waals surface area contributed by atoms with E-state index in [4.69, 9.17) is 49.0 Å². The fraction of sp³-hybridized carbons (Fsp3) is 0.273. The van der Waals surface area contributed by atoms with Crippen molar-refractivity contribution >= 4 is 52.7 Å². The van der Waals surface area contributed by atoms with Gasteiger partial charge in [-0.3, -0.25) is 0 Å². The van der Waals surface area contributed by atoms with Crippen molar-refractivity contribution in [3.05, 3.63) is 62.2 Å². The standard InChI is InChI=1S/C22H20Cl3NO4/c1-4-12(3)29-20-17(25)8-13(10-19(20)28-5-2)9-18-22(27)30-21(26-18)15-7-6-14(23)11-16(15)24/h6-12H,4-5H2,1-3H3/b18-9-. The first-order chi connectivity index (χ1) is 14.3. The van der Waals surface area contributed by atoms with E-state index in [2.05, 4.69) is 4.99 Å². The molecular formula is C22H20Cl3NO4. The Morgan fingerprint density at radius 2 is 1.90 bits per heavy atom. The van der Waals surface area contributed by atoms with Gasteiger partial charge in [-0.25, -0.2) is 9.79 Å². The molecule has 0 saturated heterocycles. The summed E-state index contributed by atoms with van der Waals surface area (Å²) in [6.45, 7) is 6.28. The number of halogens is 3. The first-order valence-corrected chi connectivity index (χ1v) is 10.6. The molecule has 0 amide bonds. The van der Waals surface area contributed by atoms with E-state index in [1.54, 1.807) is 36.4 Å². The smallest absolute Gasteiger partial charge is 0.363 e. The number of carbonyl (C=O) groups excluding carboxylic acids is 1. The van der Waals surface area contributed by atoms with Gasteiger partial charge in [-0.05, 0) is 62.2 Å². The summed E-state index contributed by atoms with van der Waals surface area (Å²) in [5, 5.41) is 1.19. The Hall–Kier alpha value is -2.21. The molecule has 158 valence electrons. The average molecular weight is 469 g/mol. The van der Waals surface area contributed by atoms with E-state index in [-0.39, 0.29) is 17.7 Å². The third kappa shape index (κ3) is 5.09. The third-order valence-corrected chi connectivity index (χ3v) is 5.14. The van der Waals surface area contributed by atoms with Crippen LogP contribution in [0, 0.1) is 0 Å². The zero-order valence-electron chi connectivity index (χ0n) is 16.7. The fourth-order valence-corrected chi connectivity index (χ4v) is 3.43. The summed E-state index contributed by atoms with van der Waals surface area (Å²) in [5.74, 6) is 0.486. The Bertz CT molecular complexity index is 1030. The molecule has 0 spiro atoms. The van der Waals surface area contributed by atoms with Crippen LogP contribution in [0.15, 0.2) is 41.0 Å². The molecule has 0 bridgehead atoms. The largest absolute Gasteiger partial charge is 0.490 e. The average Bonchev–Trinajstić information content (AvgIpc) is 3.04. The van der Waals surface area contributed by atoms with Gasteiger partial charge in [0.2, 0.25) is 5.90 Å². The van der Waals surface area contributed by atoms with Crippen LogP contribution in [0.1, 0.15) is 38.3 Å². The lowest BCUT2D eigenvalue weighted by atomic mass is 10.1. The second kappa shape index (κ2) is 9.73. The Labute approximate surface area is 190 Å². The molecule has 1 unspecified atom stereocenters. The van der Waals surface area contributed by atoms with E-state index in [1.165, 1.54) is 0 Å². The minimum Gasteiger partial charge on any atom is -0.490 e. The second-order valence-electron chi connectivity index (χ2n) is 6.56. The number of benzene rings is 2. The van der Waals surface area contributed by atoms with Gasteiger partial charge < -0.3 is 14.2 Å². The third-order valence-electron chi connectivity index (χ3n) is 4.31. The van der Waals surface area contributed by atoms with E-state index in [0.29, 0.717) is 44.3 Å². The molecule has 1 atom stereocenters. The molecule has 0 saturated carbocycles. The van der Waals surface area contributed by atoms with Gasteiger partial charge in [0.1, 0.15) is 0 Å². The summed E-state index contributed by atoms with van der Waals surface area (Å²) in [6.07, 6.45) is 2.37. The number of aliphatic imine (C=N–C) groups is 1. The van der Waals surface area contributed by atoms with Crippen LogP contribution >= 0.6 is 34.8 Å². The topological polar surface area (TPSA) is 57.1 Å². The molecule has 5 nitrogen and oxygen atoms in total. The van der Waals surface area contributed by atoms with E-state index in [9.17, 15) is 4.79 Å². The van der Waals surface area contributed by atoms with Crippen molar-refractivity contribution in [2.24, 2.45) is 4.99 Å². The Morgan fingerprint density at radius 3 is 2.57 bits per heavy atom. The SMILES string of the molecule is CCOc1cc(/C=C2\N=C(c3ccc(Cl)cc3Cl)OC2=O)cc(Cl)c1OC(C)CC. The lowest BCUT2D eigenvalue weighted by molar-refractivity contribution is -0.129. The van der Waals surface area contributed by atoms with Gasteiger partial charge in [-0.15, -0.1) is 0 Å². The number of nitrogens with zero attached hydrogens (tertiary/aromatic N) is 1. The zero-order valence-corrected chi connectivity index (χ0v) is 18.9. The highest BCUT2D eigenvalue weighted by molar-refractivity contribution is 6.37. The normalized spacial score (nSPS) is 15.7. The van der Waals surface area contributed by atoms with Crippen LogP contribution < -0.4 is 9.47 Å². The number of cyclic esters (lactones) is 1. The molecule has 2 aromatic carbocycles. The molecule has 2 aromatic rings. The predicted octanol–water partition coefficient (Wildman–Crippen LogP) is 6.57. The highest BCUT2D eigenvalue weighted by Crippen LogP contribution is 2.38. The number of rotatable bonds is 7. The fourth-order valence-electron chi connectivity index (χ4n) is 2.68. The van der Waals surface area contributed by atoms with Crippen LogP contribution in [0.5, 0.6) is 11.5 Å². The summed E-state index contributed by atoms with van der Waals surface area (Å²) >= 11 is 18.5. The van der Waals surface area contributed by atoms with Gasteiger partial charge in [-0.1, -0.05) is 41.7 Å². The van der Waals surface area contributed by atoms with E-state index < -0.39 is 5.97 Å². The van der Waals surface area contributed by atoms with Gasteiger partial charge in [0.05, 0.1) is 28.3 Å². The molecule has 0 aromatic heterocycles. The van der Waals surface area contributed by atoms with Crippen LogP contribution in [0.4, 0.5) is 0 Å². The maximum Gasteiger partial charge on any atom is 0.363 e. The lowest BCUT2D eigenvalue weighted by Crippen LogP contribution is -2.11. The van der Waals surface area contributed by atoms with Crippen LogP contribution in [-0.4, -0.2) is 24.6 Å². The zero-order chi connectivity index (χ0) is 21.8. The second-order valence-corrected chi connectivity index (χ2v) is 7.81. The number of hydrogen-bond donors (Lipinski definition) is 0. The summed E-state index contributed by atoms with van der Waals surface area (Å²) in [7, 11) is 0. The molecule has 0 radical (unpaired) electrons. The molecule has 1 aliphatic heterocycles. The van der Waals surface area contributed by atoms with Crippen molar-refractivity contribution in [2.45, 2.75) is 33.3 Å².